The van der Waals surface area contributed by atoms with Crippen molar-refractivity contribution in [1.82, 2.24) is 36.2 Å². The summed E-state index contributed by atoms with van der Waals surface area (Å²) in [4.78, 5) is 53.9. The van der Waals surface area contributed by atoms with E-state index in [0.29, 0.717) is 25.1 Å². The summed E-state index contributed by atoms with van der Waals surface area (Å²) in [5.41, 5.74) is 5.64. The van der Waals surface area contributed by atoms with Crippen molar-refractivity contribution in [3.8, 4) is 0 Å². The minimum Gasteiger partial charge on any atom is -0.462 e. The van der Waals surface area contributed by atoms with Gasteiger partial charge in [0.25, 0.3) is 5.91 Å². The number of rotatable bonds is 10. The fourth-order valence-electron chi connectivity index (χ4n) is 4.34. The highest BCUT2D eigenvalue weighted by molar-refractivity contribution is 6.41. The molecule has 0 bridgehead atoms. The van der Waals surface area contributed by atoms with E-state index < -0.39 is 47.2 Å². The van der Waals surface area contributed by atoms with Crippen LogP contribution in [0.5, 0.6) is 0 Å². The number of nitrogen functional groups attached to an aromatic ring is 1. The van der Waals surface area contributed by atoms with Crippen molar-refractivity contribution in [3.63, 3.8) is 0 Å². The second-order valence-electron chi connectivity index (χ2n) is 10.6. The van der Waals surface area contributed by atoms with Gasteiger partial charge in [-0.15, -0.1) is 10.2 Å². The van der Waals surface area contributed by atoms with Crippen LogP contribution < -0.4 is 16.4 Å². The van der Waals surface area contributed by atoms with E-state index in [9.17, 15) is 19.2 Å². The first kappa shape index (κ1) is 31.8. The van der Waals surface area contributed by atoms with E-state index in [-0.39, 0.29) is 34.5 Å². The van der Waals surface area contributed by atoms with E-state index >= 15 is 0 Å². The van der Waals surface area contributed by atoms with Crippen molar-refractivity contribution in [2.75, 3.05) is 18.9 Å². The molecule has 1 aromatic carbocycles. The number of ether oxygens (including phenoxy) is 1. The number of likely N-dealkylation sites (tertiary alicyclic amines) is 1. The number of aromatic amines is 1. The maximum Gasteiger partial charge on any atom is 0.349 e. The number of nitrogens with two attached hydrogens (primary N) is 1. The Balaban J connectivity index is 1.80. The summed E-state index contributed by atoms with van der Waals surface area (Å²) in [5.74, 6) is -1.83. The van der Waals surface area contributed by atoms with Crippen LogP contribution in [0.25, 0.3) is 0 Å². The minimum absolute atomic E-state index is 0.0728. The first-order valence-corrected chi connectivity index (χ1v) is 13.8. The van der Waals surface area contributed by atoms with Crippen LogP contribution in [0.1, 0.15) is 56.7 Å². The Morgan fingerprint density at radius 2 is 2.00 bits per heavy atom. The van der Waals surface area contributed by atoms with Gasteiger partial charge in [-0.05, 0) is 49.5 Å². The number of benzene rings is 1. The topological polar surface area (TPSA) is 185 Å². The van der Waals surface area contributed by atoms with Crippen molar-refractivity contribution in [3.05, 3.63) is 45.7 Å². The second-order valence-corrected chi connectivity index (χ2v) is 11.4. The van der Waals surface area contributed by atoms with E-state index in [2.05, 4.69) is 31.3 Å². The quantitative estimate of drug-likeness (QED) is 0.178. The van der Waals surface area contributed by atoms with Crippen molar-refractivity contribution in [1.29, 1.82) is 0 Å². The predicted molar refractivity (Wildman–Crippen MR) is 152 cm³/mol. The van der Waals surface area contributed by atoms with Gasteiger partial charge >= 0.3 is 5.97 Å². The van der Waals surface area contributed by atoms with Crippen LogP contribution in [0.4, 0.5) is 5.69 Å². The summed E-state index contributed by atoms with van der Waals surface area (Å²) in [5, 5.41) is 19.3. The summed E-state index contributed by atoms with van der Waals surface area (Å²) in [6, 6.07) is 1.89. The number of esters is 1. The smallest absolute Gasteiger partial charge is 0.349 e. The van der Waals surface area contributed by atoms with Crippen molar-refractivity contribution in [2.45, 2.75) is 65.1 Å². The van der Waals surface area contributed by atoms with Crippen LogP contribution in [0.3, 0.4) is 0 Å². The zero-order valence-electron chi connectivity index (χ0n) is 23.2. The van der Waals surface area contributed by atoms with Crippen molar-refractivity contribution >= 4 is 52.6 Å². The third-order valence-corrected chi connectivity index (χ3v) is 7.03. The van der Waals surface area contributed by atoms with Gasteiger partial charge in [-0.3, -0.25) is 14.4 Å². The van der Waals surface area contributed by atoms with Crippen LogP contribution in [0, 0.1) is 5.41 Å². The van der Waals surface area contributed by atoms with Gasteiger partial charge in [-0.2, -0.15) is 5.21 Å². The van der Waals surface area contributed by atoms with E-state index in [1.165, 1.54) is 29.2 Å². The molecule has 1 fully saturated rings. The maximum atomic E-state index is 13.8. The van der Waals surface area contributed by atoms with E-state index in [1.807, 2.05) is 20.8 Å². The number of aromatic nitrogens is 4. The molecule has 13 nitrogen and oxygen atoms in total. The normalized spacial score (nSPS) is 17.1. The Labute approximate surface area is 247 Å². The number of carbonyl (C=O) groups excluding carboxylic acids is 4. The molecular formula is C26H34Cl2N8O5. The van der Waals surface area contributed by atoms with Gasteiger partial charge in [0.1, 0.15) is 17.1 Å². The zero-order chi connectivity index (χ0) is 30.3. The molecule has 0 unspecified atom stereocenters. The fourth-order valence-corrected chi connectivity index (χ4v) is 4.73. The van der Waals surface area contributed by atoms with Gasteiger partial charge in [-0.1, -0.05) is 49.2 Å². The molecule has 41 heavy (non-hydrogen) atoms. The molecule has 0 saturated carbocycles. The number of H-pyrrole nitrogens is 1. The average Bonchev–Trinajstić information content (AvgIpc) is 3.60. The number of nitrogens with one attached hydrogen (secondary N) is 3. The molecule has 0 spiro atoms. The molecule has 15 heteroatoms. The molecule has 2 heterocycles. The molecule has 222 valence electrons. The number of amides is 3. The SMILES string of the molecule is CCOC(=O)C(Cl)=C[C@H](Cc1nn[nH]n1)NC(=O)[C@H]1CCCN1C(=O)[C@@H](NC(=O)c1ccc(N)c(Cl)c1)C(C)(C)C. The Morgan fingerprint density at radius 3 is 2.61 bits per heavy atom. The van der Waals surface area contributed by atoms with Gasteiger partial charge in [0.2, 0.25) is 11.8 Å². The molecule has 2 aromatic rings. The van der Waals surface area contributed by atoms with Crippen LogP contribution in [0.2, 0.25) is 5.02 Å². The lowest BCUT2D eigenvalue weighted by atomic mass is 9.85. The molecule has 0 radical (unpaired) electrons. The minimum atomic E-state index is -0.951. The third-order valence-electron chi connectivity index (χ3n) is 6.43. The number of carbonyl (C=O) groups is 4. The highest BCUT2D eigenvalue weighted by Gasteiger charge is 2.42. The molecule has 3 rings (SSSR count). The molecule has 0 aliphatic carbocycles. The van der Waals surface area contributed by atoms with Gasteiger partial charge in [-0.25, -0.2) is 4.79 Å². The summed E-state index contributed by atoms with van der Waals surface area (Å²) >= 11 is 12.2. The number of anilines is 1. The first-order chi connectivity index (χ1) is 19.3. The lowest BCUT2D eigenvalue weighted by Gasteiger charge is -2.35. The fraction of sp³-hybridized carbons (Fsp3) is 0.500. The molecule has 1 aromatic heterocycles. The maximum absolute atomic E-state index is 13.8. The monoisotopic (exact) mass is 608 g/mol. The Kier molecular flexibility index (Phi) is 10.7. The van der Waals surface area contributed by atoms with E-state index in [4.69, 9.17) is 33.7 Å². The summed E-state index contributed by atoms with van der Waals surface area (Å²) in [7, 11) is 0. The molecule has 3 atom stereocenters. The van der Waals surface area contributed by atoms with Crippen LogP contribution in [-0.4, -0.2) is 80.5 Å². The van der Waals surface area contributed by atoms with E-state index in [0.717, 1.165) is 0 Å². The Morgan fingerprint density at radius 1 is 1.27 bits per heavy atom. The van der Waals surface area contributed by atoms with Crippen LogP contribution in [-0.2, 0) is 25.5 Å². The first-order valence-electron chi connectivity index (χ1n) is 13.0. The second kappa shape index (κ2) is 13.8. The number of hydrogen-bond donors (Lipinski definition) is 4. The van der Waals surface area contributed by atoms with E-state index in [1.54, 1.807) is 6.92 Å². The standard InChI is InChI=1S/C26H34Cl2N8O5/c1-5-41-25(40)17(28)12-15(13-20-32-34-35-33-20)30-23(38)19-7-6-10-36(19)24(39)21(26(2,3)4)31-22(37)14-8-9-18(29)16(27)11-14/h8-9,11-12,15,19,21H,5-7,10,13,29H2,1-4H3,(H,30,38)(H,31,37)(H,32,33,34,35)/t15-,19-,21-/m1/s1. The van der Waals surface area contributed by atoms with Gasteiger partial charge in [0.05, 0.1) is 23.4 Å². The average molecular weight is 610 g/mol. The number of tetrazole rings is 1. The largest absolute Gasteiger partial charge is 0.462 e. The predicted octanol–water partition coefficient (Wildman–Crippen LogP) is 1.98. The summed E-state index contributed by atoms with van der Waals surface area (Å²) < 4.78 is 4.92. The van der Waals surface area contributed by atoms with Gasteiger partial charge in [0, 0.05) is 18.5 Å². The number of halogens is 2. The Hall–Kier alpha value is -3.71. The number of hydrogen-bond acceptors (Lipinski definition) is 9. The highest BCUT2D eigenvalue weighted by atomic mass is 35.5. The van der Waals surface area contributed by atoms with Crippen LogP contribution in [0.15, 0.2) is 29.3 Å². The van der Waals surface area contributed by atoms with Gasteiger partial charge in [0.15, 0.2) is 5.82 Å². The Bertz CT molecular complexity index is 1300. The van der Waals surface area contributed by atoms with Gasteiger partial charge < -0.3 is 26.0 Å². The summed E-state index contributed by atoms with van der Waals surface area (Å²) in [6.45, 7) is 7.55. The molecule has 1 aliphatic heterocycles. The third kappa shape index (κ3) is 8.40. The lowest BCUT2D eigenvalue weighted by Crippen LogP contribution is -2.58. The zero-order valence-corrected chi connectivity index (χ0v) is 24.8. The highest BCUT2D eigenvalue weighted by Crippen LogP contribution is 2.27. The molecule has 1 saturated heterocycles. The number of nitrogens with zero attached hydrogens (tertiary/aromatic N) is 4. The molecular weight excluding hydrogens is 575 g/mol. The molecule has 5 N–H and O–H groups in total. The summed E-state index contributed by atoms with van der Waals surface area (Å²) in [6.07, 6.45) is 2.39. The van der Waals surface area contributed by atoms with Crippen molar-refractivity contribution < 1.29 is 23.9 Å². The molecule has 3 amide bonds. The van der Waals surface area contributed by atoms with Crippen molar-refractivity contribution in [2.24, 2.45) is 5.41 Å². The van der Waals surface area contributed by atoms with Crippen LogP contribution >= 0.6 is 23.2 Å². The lowest BCUT2D eigenvalue weighted by molar-refractivity contribution is -0.142. The molecule has 1 aliphatic rings.